The molecule has 0 bridgehead atoms. The van der Waals surface area contributed by atoms with Crippen LogP contribution >= 0.6 is 0 Å². The summed E-state index contributed by atoms with van der Waals surface area (Å²) in [6.45, 7) is 2.83. The highest BCUT2D eigenvalue weighted by Gasteiger charge is 2.18. The molecular formula is C39H40N2O4. The Labute approximate surface area is 265 Å². The van der Waals surface area contributed by atoms with Gasteiger partial charge in [-0.15, -0.1) is 0 Å². The summed E-state index contributed by atoms with van der Waals surface area (Å²) < 4.78 is 5.90. The second-order valence-electron chi connectivity index (χ2n) is 11.3. The van der Waals surface area contributed by atoms with E-state index in [0.717, 1.165) is 41.6 Å². The zero-order valence-corrected chi connectivity index (χ0v) is 25.6. The number of carbonyl (C=O) groups excluding carboxylic acids is 2. The van der Waals surface area contributed by atoms with Crippen molar-refractivity contribution >= 4 is 23.5 Å². The largest absolute Gasteiger partial charge is 0.448 e. The number of ether oxygens (including phenoxy) is 1. The number of carbonyl (C=O) groups is 2. The molecule has 0 fully saturated rings. The molecule has 0 aromatic heterocycles. The molecule has 0 aliphatic heterocycles. The van der Waals surface area contributed by atoms with Crippen molar-refractivity contribution in [2.75, 3.05) is 26.3 Å². The van der Waals surface area contributed by atoms with Crippen LogP contribution in [-0.4, -0.2) is 53.1 Å². The molecule has 6 heteroatoms. The predicted octanol–water partition coefficient (Wildman–Crippen LogP) is 6.93. The molecule has 1 aliphatic carbocycles. The highest BCUT2D eigenvalue weighted by molar-refractivity contribution is 5.94. The minimum atomic E-state index is -0.495. The van der Waals surface area contributed by atoms with Crippen molar-refractivity contribution in [1.82, 2.24) is 9.80 Å². The first-order chi connectivity index (χ1) is 22.1. The van der Waals surface area contributed by atoms with Gasteiger partial charge in [-0.25, -0.2) is 4.79 Å². The number of rotatable bonds is 15. The number of fused-ring (bicyclic) bond motifs is 1. The van der Waals surface area contributed by atoms with Crippen molar-refractivity contribution < 1.29 is 19.4 Å². The fourth-order valence-electron chi connectivity index (χ4n) is 5.52. The summed E-state index contributed by atoms with van der Waals surface area (Å²) >= 11 is 0. The normalized spacial score (nSPS) is 12.3. The van der Waals surface area contributed by atoms with Gasteiger partial charge in [0.25, 0.3) is 0 Å². The molecule has 1 N–H and O–H groups in total. The third-order valence-electron chi connectivity index (χ3n) is 7.96. The second-order valence-corrected chi connectivity index (χ2v) is 11.3. The van der Waals surface area contributed by atoms with Gasteiger partial charge in [-0.2, -0.15) is 0 Å². The van der Waals surface area contributed by atoms with Crippen LogP contribution in [0.5, 0.6) is 0 Å². The molecule has 0 atom stereocenters. The topological polar surface area (TPSA) is 70.1 Å². The number of aliphatic hydroxyl groups excluding tert-OH is 1. The van der Waals surface area contributed by atoms with Crippen LogP contribution in [0.4, 0.5) is 4.79 Å². The Hall–Kier alpha value is -4.78. The molecule has 0 heterocycles. The van der Waals surface area contributed by atoms with E-state index in [2.05, 4.69) is 35.2 Å². The molecule has 230 valence electrons. The Balaban J connectivity index is 1.23. The number of hydrogen-bond donors (Lipinski definition) is 1. The van der Waals surface area contributed by atoms with Gasteiger partial charge in [0.2, 0.25) is 0 Å². The van der Waals surface area contributed by atoms with E-state index in [1.54, 1.807) is 11.0 Å². The van der Waals surface area contributed by atoms with E-state index in [-0.39, 0.29) is 18.5 Å². The molecule has 45 heavy (non-hydrogen) atoms. The van der Waals surface area contributed by atoms with Crippen molar-refractivity contribution in [2.45, 2.75) is 32.5 Å². The fraction of sp³-hybridized carbons (Fsp3) is 0.231. The third-order valence-corrected chi connectivity index (χ3v) is 7.96. The Morgan fingerprint density at radius 3 is 2.02 bits per heavy atom. The van der Waals surface area contributed by atoms with Crippen LogP contribution in [0.15, 0.2) is 121 Å². The lowest BCUT2D eigenvalue weighted by atomic mass is 10.0. The number of allylic oxidation sites excluding steroid dienone is 1. The van der Waals surface area contributed by atoms with Crippen LogP contribution in [0, 0.1) is 0 Å². The van der Waals surface area contributed by atoms with Crippen molar-refractivity contribution in [2.24, 2.45) is 0 Å². The minimum absolute atomic E-state index is 0.276. The van der Waals surface area contributed by atoms with Crippen LogP contribution < -0.4 is 0 Å². The molecule has 6 nitrogen and oxygen atoms in total. The van der Waals surface area contributed by atoms with Crippen LogP contribution in [0.2, 0.25) is 0 Å². The van der Waals surface area contributed by atoms with Gasteiger partial charge >= 0.3 is 6.09 Å². The Morgan fingerprint density at radius 1 is 0.733 bits per heavy atom. The van der Waals surface area contributed by atoms with Gasteiger partial charge in [-0.3, -0.25) is 14.6 Å². The molecule has 0 radical (unpaired) electrons. The SMILES string of the molecule is O=C(/C=C/c1ccc(CN(CCOC(=O)N(Cc2ccccc2)Cc2ccccc2)CCC2=CCc3ccccc32)cc1)CO. The van der Waals surface area contributed by atoms with Gasteiger partial charge in [0.05, 0.1) is 0 Å². The Kier molecular flexibility index (Phi) is 11.5. The summed E-state index contributed by atoms with van der Waals surface area (Å²) in [6.07, 6.45) is 6.97. The molecule has 0 saturated carbocycles. The van der Waals surface area contributed by atoms with E-state index >= 15 is 0 Å². The molecule has 1 aliphatic rings. The van der Waals surface area contributed by atoms with Gasteiger partial charge in [-0.1, -0.05) is 121 Å². The molecule has 4 aromatic rings. The maximum absolute atomic E-state index is 13.4. The molecule has 0 saturated heterocycles. The quantitative estimate of drug-likeness (QED) is 0.150. The lowest BCUT2D eigenvalue weighted by molar-refractivity contribution is -0.117. The van der Waals surface area contributed by atoms with Gasteiger partial charge in [0, 0.05) is 32.7 Å². The number of benzene rings is 4. The molecule has 0 unspecified atom stereocenters. The lowest BCUT2D eigenvalue weighted by Crippen LogP contribution is -2.34. The smallest absolute Gasteiger partial charge is 0.410 e. The highest BCUT2D eigenvalue weighted by Crippen LogP contribution is 2.29. The third kappa shape index (κ3) is 9.60. The summed E-state index contributed by atoms with van der Waals surface area (Å²) in [4.78, 5) is 28.9. The second kappa shape index (κ2) is 16.3. The summed E-state index contributed by atoms with van der Waals surface area (Å²) in [5, 5.41) is 8.96. The fourth-order valence-corrected chi connectivity index (χ4v) is 5.52. The van der Waals surface area contributed by atoms with Crippen LogP contribution in [0.1, 0.15) is 39.8 Å². The summed E-state index contributed by atoms with van der Waals surface area (Å²) in [5.74, 6) is -0.325. The van der Waals surface area contributed by atoms with Crippen molar-refractivity contribution in [1.29, 1.82) is 0 Å². The number of amides is 1. The van der Waals surface area contributed by atoms with Gasteiger partial charge in [0.15, 0.2) is 5.78 Å². The first-order valence-corrected chi connectivity index (χ1v) is 15.5. The zero-order valence-electron chi connectivity index (χ0n) is 25.6. The Morgan fingerprint density at radius 2 is 1.36 bits per heavy atom. The summed E-state index contributed by atoms with van der Waals surface area (Å²) in [5.41, 5.74) is 8.18. The van der Waals surface area contributed by atoms with Crippen molar-refractivity contribution in [3.8, 4) is 0 Å². The average molecular weight is 601 g/mol. The summed E-state index contributed by atoms with van der Waals surface area (Å²) in [6, 6.07) is 36.6. The number of aliphatic hydroxyl groups is 1. The van der Waals surface area contributed by atoms with E-state index in [9.17, 15) is 9.59 Å². The molecular weight excluding hydrogens is 560 g/mol. The zero-order chi connectivity index (χ0) is 31.3. The molecule has 0 spiro atoms. The molecule has 4 aromatic carbocycles. The van der Waals surface area contributed by atoms with E-state index in [4.69, 9.17) is 9.84 Å². The standard InChI is InChI=1S/C39H40N2O4/c42-30-37(43)22-19-31-15-17-34(18-16-31)27-40(24-23-36-21-20-35-13-7-8-14-38(35)36)25-26-45-39(44)41(28-32-9-3-1-4-10-32)29-33-11-5-2-6-12-33/h1-19,21-22,42H,20,23-30H2/b22-19+. The predicted molar refractivity (Wildman–Crippen MR) is 179 cm³/mol. The van der Waals surface area contributed by atoms with E-state index < -0.39 is 6.61 Å². The van der Waals surface area contributed by atoms with Crippen molar-refractivity contribution in [3.63, 3.8) is 0 Å². The first kappa shape index (κ1) is 31.6. The molecule has 5 rings (SSSR count). The van der Waals surface area contributed by atoms with Gasteiger partial charge < -0.3 is 9.84 Å². The van der Waals surface area contributed by atoms with E-state index in [1.807, 2.05) is 84.9 Å². The molecule has 1 amide bonds. The average Bonchev–Trinajstić information content (AvgIpc) is 3.50. The summed E-state index contributed by atoms with van der Waals surface area (Å²) in [7, 11) is 0. The number of nitrogens with zero attached hydrogens (tertiary/aromatic N) is 2. The highest BCUT2D eigenvalue weighted by atomic mass is 16.6. The minimum Gasteiger partial charge on any atom is -0.448 e. The van der Waals surface area contributed by atoms with Crippen LogP contribution in [-0.2, 0) is 35.6 Å². The van der Waals surface area contributed by atoms with Crippen LogP contribution in [0.3, 0.4) is 0 Å². The van der Waals surface area contributed by atoms with Crippen molar-refractivity contribution in [3.05, 3.63) is 155 Å². The van der Waals surface area contributed by atoms with E-state index in [0.29, 0.717) is 26.2 Å². The number of hydrogen-bond acceptors (Lipinski definition) is 5. The monoisotopic (exact) mass is 600 g/mol. The maximum atomic E-state index is 13.4. The lowest BCUT2D eigenvalue weighted by Gasteiger charge is -2.25. The van der Waals surface area contributed by atoms with Gasteiger partial charge in [0.1, 0.15) is 13.2 Å². The first-order valence-electron chi connectivity index (χ1n) is 15.5. The van der Waals surface area contributed by atoms with Crippen LogP contribution in [0.25, 0.3) is 11.6 Å². The Bertz CT molecular complexity index is 1560. The number of ketones is 1. The van der Waals surface area contributed by atoms with E-state index in [1.165, 1.54) is 22.8 Å². The van der Waals surface area contributed by atoms with Gasteiger partial charge in [-0.05, 0) is 57.9 Å². The maximum Gasteiger partial charge on any atom is 0.410 e.